The molecule has 0 unspecified atom stereocenters. The van der Waals surface area contributed by atoms with E-state index in [0.717, 1.165) is 18.7 Å². The molecule has 2 N–H and O–H groups in total. The maximum Gasteiger partial charge on any atom is 0.165 e. The zero-order valence-corrected chi connectivity index (χ0v) is 8.93. The fourth-order valence-corrected chi connectivity index (χ4v) is 1.82. The molecule has 3 nitrogen and oxygen atoms in total. The van der Waals surface area contributed by atoms with Gasteiger partial charge in [-0.1, -0.05) is 13.0 Å². The van der Waals surface area contributed by atoms with Crippen LogP contribution >= 0.6 is 0 Å². The monoisotopic (exact) mass is 210 g/mol. The number of rotatable bonds is 2. The largest absolute Gasteiger partial charge is 0.494 e. The van der Waals surface area contributed by atoms with E-state index in [1.165, 1.54) is 7.11 Å². The van der Waals surface area contributed by atoms with Gasteiger partial charge >= 0.3 is 0 Å². The Morgan fingerprint density at radius 2 is 2.00 bits per heavy atom. The summed E-state index contributed by atoms with van der Waals surface area (Å²) in [6.45, 7) is 3.71. The zero-order valence-electron chi connectivity index (χ0n) is 8.93. The van der Waals surface area contributed by atoms with Gasteiger partial charge in [0.15, 0.2) is 11.6 Å². The highest BCUT2D eigenvalue weighted by molar-refractivity contribution is 5.34. The van der Waals surface area contributed by atoms with Crippen LogP contribution in [-0.4, -0.2) is 20.2 Å². The summed E-state index contributed by atoms with van der Waals surface area (Å²) in [4.78, 5) is 0. The number of hydrogen-bond acceptors (Lipinski definition) is 3. The fourth-order valence-electron chi connectivity index (χ4n) is 1.82. The van der Waals surface area contributed by atoms with Gasteiger partial charge in [0.2, 0.25) is 0 Å². The summed E-state index contributed by atoms with van der Waals surface area (Å²) in [7, 11) is 1.47. The van der Waals surface area contributed by atoms with Crippen LogP contribution in [0.1, 0.15) is 12.5 Å². The highest BCUT2D eigenvalue weighted by atomic mass is 19.1. The topological polar surface area (TPSA) is 33.3 Å². The standard InChI is InChI=1S/C11H15FN2O/c1-11(6-13-14-7-11)8-3-4-10(15-2)9(12)5-8/h3-5,13-14H,6-7H2,1-2H3. The van der Waals surface area contributed by atoms with Crippen LogP contribution in [0.4, 0.5) is 4.39 Å². The highest BCUT2D eigenvalue weighted by Gasteiger charge is 2.31. The summed E-state index contributed by atoms with van der Waals surface area (Å²) in [5.74, 6) is -0.00982. The first-order valence-corrected chi connectivity index (χ1v) is 4.95. The second kappa shape index (κ2) is 3.79. The van der Waals surface area contributed by atoms with Crippen molar-refractivity contribution in [3.8, 4) is 5.75 Å². The zero-order chi connectivity index (χ0) is 10.9. The van der Waals surface area contributed by atoms with E-state index in [2.05, 4.69) is 17.8 Å². The van der Waals surface area contributed by atoms with E-state index >= 15 is 0 Å². The lowest BCUT2D eigenvalue weighted by molar-refractivity contribution is 0.385. The van der Waals surface area contributed by atoms with Crippen molar-refractivity contribution < 1.29 is 9.13 Å². The molecule has 0 saturated carbocycles. The molecule has 1 aliphatic rings. The van der Waals surface area contributed by atoms with Gasteiger partial charge in [-0.25, -0.2) is 4.39 Å². The average molecular weight is 210 g/mol. The second-order valence-corrected chi connectivity index (χ2v) is 4.12. The van der Waals surface area contributed by atoms with Crippen molar-refractivity contribution >= 4 is 0 Å². The minimum Gasteiger partial charge on any atom is -0.494 e. The second-order valence-electron chi connectivity index (χ2n) is 4.12. The molecule has 2 rings (SSSR count). The van der Waals surface area contributed by atoms with E-state index < -0.39 is 0 Å². The Kier molecular flexibility index (Phi) is 2.63. The van der Waals surface area contributed by atoms with E-state index in [9.17, 15) is 4.39 Å². The normalized spacial score (nSPS) is 19.1. The van der Waals surface area contributed by atoms with E-state index in [0.29, 0.717) is 5.75 Å². The van der Waals surface area contributed by atoms with E-state index in [1.54, 1.807) is 12.1 Å². The Morgan fingerprint density at radius 3 is 2.53 bits per heavy atom. The predicted molar refractivity (Wildman–Crippen MR) is 56.3 cm³/mol. The van der Waals surface area contributed by atoms with Gasteiger partial charge in [0.1, 0.15) is 0 Å². The molecule has 15 heavy (non-hydrogen) atoms. The first kappa shape index (κ1) is 10.4. The molecule has 0 aliphatic carbocycles. The third-order valence-corrected chi connectivity index (χ3v) is 2.93. The Labute approximate surface area is 88.6 Å². The summed E-state index contributed by atoms with van der Waals surface area (Å²) in [5.41, 5.74) is 7.05. The van der Waals surface area contributed by atoms with Crippen molar-refractivity contribution in [2.24, 2.45) is 0 Å². The quantitative estimate of drug-likeness (QED) is 0.769. The van der Waals surface area contributed by atoms with Crippen LogP contribution < -0.4 is 15.6 Å². The van der Waals surface area contributed by atoms with Crippen LogP contribution in [0.3, 0.4) is 0 Å². The van der Waals surface area contributed by atoms with Crippen molar-refractivity contribution in [2.75, 3.05) is 20.2 Å². The molecule has 4 heteroatoms. The van der Waals surface area contributed by atoms with Crippen molar-refractivity contribution in [3.63, 3.8) is 0 Å². The van der Waals surface area contributed by atoms with Gasteiger partial charge in [-0.3, -0.25) is 10.9 Å². The summed E-state index contributed by atoms with van der Waals surface area (Å²) in [5, 5.41) is 0. The van der Waals surface area contributed by atoms with Crippen LogP contribution in [-0.2, 0) is 5.41 Å². The average Bonchev–Trinajstić information content (AvgIpc) is 2.66. The van der Waals surface area contributed by atoms with Gasteiger partial charge < -0.3 is 4.74 Å². The third-order valence-electron chi connectivity index (χ3n) is 2.93. The molecule has 0 spiro atoms. The van der Waals surface area contributed by atoms with Crippen molar-refractivity contribution in [1.82, 2.24) is 10.9 Å². The highest BCUT2D eigenvalue weighted by Crippen LogP contribution is 2.28. The molecule has 0 aromatic heterocycles. The minimum atomic E-state index is -0.303. The molecule has 0 radical (unpaired) electrons. The molecule has 82 valence electrons. The Balaban J connectivity index is 2.33. The van der Waals surface area contributed by atoms with Crippen LogP contribution in [0, 0.1) is 5.82 Å². The van der Waals surface area contributed by atoms with Crippen molar-refractivity contribution in [2.45, 2.75) is 12.3 Å². The molecular weight excluding hydrogens is 195 g/mol. The van der Waals surface area contributed by atoms with E-state index in [1.807, 2.05) is 6.07 Å². The summed E-state index contributed by atoms with van der Waals surface area (Å²) in [6.07, 6.45) is 0. The lowest BCUT2D eigenvalue weighted by Crippen LogP contribution is -2.27. The van der Waals surface area contributed by atoms with Gasteiger partial charge in [-0.15, -0.1) is 0 Å². The lowest BCUT2D eigenvalue weighted by atomic mass is 9.83. The smallest absolute Gasteiger partial charge is 0.165 e. The van der Waals surface area contributed by atoms with E-state index in [-0.39, 0.29) is 11.2 Å². The summed E-state index contributed by atoms with van der Waals surface area (Å²) in [6, 6.07) is 5.14. The first-order chi connectivity index (χ1) is 7.15. The van der Waals surface area contributed by atoms with Crippen LogP contribution in [0.25, 0.3) is 0 Å². The van der Waals surface area contributed by atoms with Crippen LogP contribution in [0.5, 0.6) is 5.75 Å². The molecular formula is C11H15FN2O. The summed E-state index contributed by atoms with van der Waals surface area (Å²) < 4.78 is 18.4. The third kappa shape index (κ3) is 1.82. The number of benzene rings is 1. The maximum absolute atomic E-state index is 13.5. The molecule has 1 aromatic carbocycles. The van der Waals surface area contributed by atoms with Gasteiger partial charge in [0.25, 0.3) is 0 Å². The van der Waals surface area contributed by atoms with Gasteiger partial charge in [-0.05, 0) is 17.7 Å². The lowest BCUT2D eigenvalue weighted by Gasteiger charge is -2.22. The number of hydrazine groups is 1. The Hall–Kier alpha value is -1.13. The molecule has 1 aromatic rings. The van der Waals surface area contributed by atoms with Gasteiger partial charge in [-0.2, -0.15) is 0 Å². The Morgan fingerprint density at radius 1 is 1.33 bits per heavy atom. The molecule has 1 saturated heterocycles. The van der Waals surface area contributed by atoms with Crippen molar-refractivity contribution in [1.29, 1.82) is 0 Å². The molecule has 0 atom stereocenters. The molecule has 1 heterocycles. The van der Waals surface area contributed by atoms with Crippen LogP contribution in [0.2, 0.25) is 0 Å². The Bertz CT molecular complexity index is 362. The summed E-state index contributed by atoms with van der Waals surface area (Å²) >= 11 is 0. The predicted octanol–water partition coefficient (Wildman–Crippen LogP) is 1.20. The van der Waals surface area contributed by atoms with E-state index in [4.69, 9.17) is 4.74 Å². The minimum absolute atomic E-state index is 0.0485. The molecule has 0 bridgehead atoms. The maximum atomic E-state index is 13.5. The first-order valence-electron chi connectivity index (χ1n) is 4.95. The number of halogens is 1. The number of nitrogens with one attached hydrogen (secondary N) is 2. The van der Waals surface area contributed by atoms with Gasteiger partial charge in [0.05, 0.1) is 7.11 Å². The number of hydrogen-bond donors (Lipinski definition) is 2. The SMILES string of the molecule is COc1ccc(C2(C)CNNC2)cc1F. The number of ether oxygens (including phenoxy) is 1. The van der Waals surface area contributed by atoms with Gasteiger partial charge in [0, 0.05) is 18.5 Å². The number of methoxy groups -OCH3 is 1. The fraction of sp³-hybridized carbons (Fsp3) is 0.455. The molecule has 1 aliphatic heterocycles. The molecule has 0 amide bonds. The van der Waals surface area contributed by atoms with Crippen LogP contribution in [0.15, 0.2) is 18.2 Å². The molecule has 1 fully saturated rings. The van der Waals surface area contributed by atoms with Crippen molar-refractivity contribution in [3.05, 3.63) is 29.6 Å².